The molecule has 0 heterocycles. The number of benzene rings is 1. The lowest BCUT2D eigenvalue weighted by atomic mass is 9.97. The molecule has 1 aromatic carbocycles. The maximum absolute atomic E-state index is 12.6. The lowest BCUT2D eigenvalue weighted by Gasteiger charge is -2.32. The van der Waals surface area contributed by atoms with Crippen LogP contribution in [-0.4, -0.2) is 19.0 Å². The van der Waals surface area contributed by atoms with Gasteiger partial charge >= 0.3 is 0 Å². The number of ether oxygens (including phenoxy) is 2. The van der Waals surface area contributed by atoms with Gasteiger partial charge in [-0.05, 0) is 20.3 Å². The SMILES string of the molecule is CCCCC(=O)C(OCC)(OCC)c1ccccc1. The monoisotopic (exact) mass is 264 g/mol. The third-order valence-corrected chi connectivity index (χ3v) is 2.97. The van der Waals surface area contributed by atoms with Gasteiger partial charge in [-0.3, -0.25) is 4.79 Å². The first-order valence-corrected chi connectivity index (χ1v) is 7.08. The van der Waals surface area contributed by atoms with Gasteiger partial charge in [-0.2, -0.15) is 0 Å². The Morgan fingerprint density at radius 3 is 2.11 bits per heavy atom. The van der Waals surface area contributed by atoms with Crippen LogP contribution >= 0.6 is 0 Å². The Bertz CT molecular complexity index is 367. The summed E-state index contributed by atoms with van der Waals surface area (Å²) >= 11 is 0. The third-order valence-electron chi connectivity index (χ3n) is 2.97. The van der Waals surface area contributed by atoms with Crippen molar-refractivity contribution < 1.29 is 14.3 Å². The van der Waals surface area contributed by atoms with E-state index in [1.807, 2.05) is 44.2 Å². The number of hydrogen-bond acceptors (Lipinski definition) is 3. The standard InChI is InChI=1S/C16H24O3/c1-4-7-13-15(17)16(18-5-2,19-6-3)14-11-9-8-10-12-14/h8-12H,4-7,13H2,1-3H3. The van der Waals surface area contributed by atoms with Crippen molar-refractivity contribution >= 4 is 5.78 Å². The van der Waals surface area contributed by atoms with Crippen LogP contribution in [0.25, 0.3) is 0 Å². The molecule has 0 aliphatic carbocycles. The lowest BCUT2D eigenvalue weighted by molar-refractivity contribution is -0.233. The van der Waals surface area contributed by atoms with Crippen LogP contribution in [-0.2, 0) is 20.1 Å². The van der Waals surface area contributed by atoms with E-state index >= 15 is 0 Å². The Balaban J connectivity index is 3.09. The number of ketones is 1. The van der Waals surface area contributed by atoms with Crippen molar-refractivity contribution in [3.63, 3.8) is 0 Å². The molecular formula is C16H24O3. The fourth-order valence-electron chi connectivity index (χ4n) is 2.10. The molecule has 1 rings (SSSR count). The van der Waals surface area contributed by atoms with E-state index in [2.05, 4.69) is 6.92 Å². The van der Waals surface area contributed by atoms with Crippen molar-refractivity contribution in [2.75, 3.05) is 13.2 Å². The third kappa shape index (κ3) is 3.88. The number of unbranched alkanes of at least 4 members (excludes halogenated alkanes) is 1. The van der Waals surface area contributed by atoms with Gasteiger partial charge in [-0.1, -0.05) is 43.7 Å². The second kappa shape index (κ2) is 8.08. The van der Waals surface area contributed by atoms with Crippen molar-refractivity contribution in [2.24, 2.45) is 0 Å². The van der Waals surface area contributed by atoms with E-state index in [4.69, 9.17) is 9.47 Å². The quantitative estimate of drug-likeness (QED) is 0.638. The molecule has 0 unspecified atom stereocenters. The summed E-state index contributed by atoms with van der Waals surface area (Å²) in [4.78, 5) is 12.6. The van der Waals surface area contributed by atoms with Gasteiger partial charge in [0.2, 0.25) is 0 Å². The average molecular weight is 264 g/mol. The largest absolute Gasteiger partial charge is 0.340 e. The molecule has 0 aliphatic heterocycles. The molecule has 3 heteroatoms. The summed E-state index contributed by atoms with van der Waals surface area (Å²) in [5.41, 5.74) is 0.778. The van der Waals surface area contributed by atoms with Crippen LogP contribution in [0.3, 0.4) is 0 Å². The molecule has 0 saturated heterocycles. The first kappa shape index (κ1) is 15.9. The van der Waals surface area contributed by atoms with E-state index in [1.54, 1.807) is 0 Å². The van der Waals surface area contributed by atoms with Crippen LogP contribution in [0, 0.1) is 0 Å². The minimum atomic E-state index is -1.24. The average Bonchev–Trinajstić information content (AvgIpc) is 2.45. The highest BCUT2D eigenvalue weighted by atomic mass is 16.7. The van der Waals surface area contributed by atoms with E-state index in [9.17, 15) is 4.79 Å². The Morgan fingerprint density at radius 2 is 1.63 bits per heavy atom. The molecule has 1 aromatic rings. The molecule has 0 N–H and O–H groups in total. The highest BCUT2D eigenvalue weighted by Gasteiger charge is 2.41. The van der Waals surface area contributed by atoms with Crippen molar-refractivity contribution in [1.82, 2.24) is 0 Å². The zero-order valence-electron chi connectivity index (χ0n) is 12.1. The van der Waals surface area contributed by atoms with Gasteiger partial charge in [0.25, 0.3) is 5.79 Å². The van der Waals surface area contributed by atoms with E-state index in [0.717, 1.165) is 18.4 Å². The zero-order valence-corrected chi connectivity index (χ0v) is 12.1. The fraction of sp³-hybridized carbons (Fsp3) is 0.562. The van der Waals surface area contributed by atoms with Crippen molar-refractivity contribution in [3.8, 4) is 0 Å². The van der Waals surface area contributed by atoms with Crippen molar-refractivity contribution in [2.45, 2.75) is 45.8 Å². The summed E-state index contributed by atoms with van der Waals surface area (Å²) in [6.45, 7) is 6.70. The summed E-state index contributed by atoms with van der Waals surface area (Å²) in [7, 11) is 0. The zero-order chi connectivity index (χ0) is 14.1. The Morgan fingerprint density at radius 1 is 1.05 bits per heavy atom. The van der Waals surface area contributed by atoms with Gasteiger partial charge in [-0.25, -0.2) is 0 Å². The maximum Gasteiger partial charge on any atom is 0.256 e. The molecule has 0 saturated carbocycles. The Labute approximate surface area is 115 Å². The number of Topliss-reactive ketones (excluding diaryl/α,β-unsaturated/α-hetero) is 1. The fourth-order valence-corrected chi connectivity index (χ4v) is 2.10. The number of hydrogen-bond donors (Lipinski definition) is 0. The van der Waals surface area contributed by atoms with Crippen LogP contribution in [0.1, 0.15) is 45.6 Å². The Hall–Kier alpha value is -1.19. The molecule has 0 aliphatic rings. The van der Waals surface area contributed by atoms with Crippen LogP contribution in [0.5, 0.6) is 0 Å². The summed E-state index contributed by atoms with van der Waals surface area (Å²) in [5, 5.41) is 0. The second-order valence-electron chi connectivity index (χ2n) is 4.38. The first-order chi connectivity index (χ1) is 9.21. The second-order valence-corrected chi connectivity index (χ2v) is 4.38. The highest BCUT2D eigenvalue weighted by Crippen LogP contribution is 2.30. The summed E-state index contributed by atoms with van der Waals surface area (Å²) in [6.07, 6.45) is 2.31. The van der Waals surface area contributed by atoms with Gasteiger partial charge in [0.05, 0.1) is 0 Å². The van der Waals surface area contributed by atoms with Gasteiger partial charge in [0.15, 0.2) is 5.78 Å². The van der Waals surface area contributed by atoms with E-state index in [0.29, 0.717) is 19.6 Å². The molecule has 0 atom stereocenters. The van der Waals surface area contributed by atoms with Crippen LogP contribution in [0.15, 0.2) is 30.3 Å². The molecule has 0 bridgehead atoms. The molecule has 0 radical (unpaired) electrons. The van der Waals surface area contributed by atoms with E-state index < -0.39 is 5.79 Å². The predicted octanol–water partition coefficient (Wildman–Crippen LogP) is 3.67. The Kier molecular flexibility index (Phi) is 6.74. The van der Waals surface area contributed by atoms with Gasteiger partial charge in [0, 0.05) is 25.2 Å². The van der Waals surface area contributed by atoms with E-state index in [1.165, 1.54) is 0 Å². The first-order valence-electron chi connectivity index (χ1n) is 7.08. The molecule has 0 amide bonds. The highest BCUT2D eigenvalue weighted by molar-refractivity contribution is 5.87. The predicted molar refractivity (Wildman–Crippen MR) is 75.9 cm³/mol. The molecule has 0 aromatic heterocycles. The summed E-state index contributed by atoms with van der Waals surface area (Å²) in [5.74, 6) is -1.23. The van der Waals surface area contributed by atoms with Crippen molar-refractivity contribution in [3.05, 3.63) is 35.9 Å². The number of carbonyl (C=O) groups excluding carboxylic acids is 1. The minimum absolute atomic E-state index is 0.00394. The number of rotatable bonds is 9. The van der Waals surface area contributed by atoms with Crippen LogP contribution in [0.2, 0.25) is 0 Å². The van der Waals surface area contributed by atoms with Gasteiger partial charge < -0.3 is 9.47 Å². The van der Waals surface area contributed by atoms with Crippen molar-refractivity contribution in [1.29, 1.82) is 0 Å². The lowest BCUT2D eigenvalue weighted by Crippen LogP contribution is -2.41. The topological polar surface area (TPSA) is 35.5 Å². The smallest absolute Gasteiger partial charge is 0.256 e. The molecular weight excluding hydrogens is 240 g/mol. The van der Waals surface area contributed by atoms with Crippen LogP contribution < -0.4 is 0 Å². The number of carbonyl (C=O) groups is 1. The van der Waals surface area contributed by atoms with Gasteiger partial charge in [-0.15, -0.1) is 0 Å². The molecule has 106 valence electrons. The molecule has 19 heavy (non-hydrogen) atoms. The molecule has 0 fully saturated rings. The van der Waals surface area contributed by atoms with Gasteiger partial charge in [0.1, 0.15) is 0 Å². The van der Waals surface area contributed by atoms with Crippen LogP contribution in [0.4, 0.5) is 0 Å². The summed E-state index contributed by atoms with van der Waals surface area (Å²) < 4.78 is 11.5. The van der Waals surface area contributed by atoms with E-state index in [-0.39, 0.29) is 5.78 Å². The molecule has 0 spiro atoms. The normalized spacial score (nSPS) is 11.5. The molecule has 3 nitrogen and oxygen atoms in total. The summed E-state index contributed by atoms with van der Waals surface area (Å²) in [6, 6.07) is 9.48. The maximum atomic E-state index is 12.6. The minimum Gasteiger partial charge on any atom is -0.340 e.